The Morgan fingerprint density at radius 1 is 1.15 bits per heavy atom. The van der Waals surface area contributed by atoms with Gasteiger partial charge in [-0.05, 0) is 38.8 Å². The maximum atomic E-state index is 13.6. The Kier molecular flexibility index (Phi) is 5.48. The van der Waals surface area contributed by atoms with Gasteiger partial charge < -0.3 is 28.8 Å². The van der Waals surface area contributed by atoms with Crippen molar-refractivity contribution in [1.82, 2.24) is 4.90 Å². The van der Waals surface area contributed by atoms with Crippen LogP contribution in [0.4, 0.5) is 0 Å². The van der Waals surface area contributed by atoms with Gasteiger partial charge >= 0.3 is 5.97 Å². The standard InChI is InChI=1S/C25H29NO7/c1-4-30-24(28)22-21(15-8-7-9-17(29-3)23(15)27)16-12-19-20(32-14-31-19)13-18(16)33-25(22,2)26-10-5-6-11-26/h7-9,12-13,21-22,27H,4-6,10-11,14H2,1-3H3/t21-,22+,25-/m1/s1. The third-order valence-electron chi connectivity index (χ3n) is 6.93. The Morgan fingerprint density at radius 3 is 2.58 bits per heavy atom. The second-order valence-corrected chi connectivity index (χ2v) is 8.70. The first kappa shape index (κ1) is 21.7. The number of phenolic OH excluding ortho intramolecular Hbond substituents is 1. The van der Waals surface area contributed by atoms with E-state index in [1.54, 1.807) is 13.0 Å². The summed E-state index contributed by atoms with van der Waals surface area (Å²) < 4.78 is 28.8. The molecule has 0 bridgehead atoms. The lowest BCUT2D eigenvalue weighted by molar-refractivity contribution is -0.174. The average molecular weight is 456 g/mol. The van der Waals surface area contributed by atoms with Crippen molar-refractivity contribution in [3.63, 3.8) is 0 Å². The van der Waals surface area contributed by atoms with Crippen LogP contribution in [-0.2, 0) is 9.53 Å². The average Bonchev–Trinajstić information content (AvgIpc) is 3.49. The van der Waals surface area contributed by atoms with Crippen molar-refractivity contribution in [2.24, 2.45) is 5.92 Å². The van der Waals surface area contributed by atoms with Gasteiger partial charge in [0.2, 0.25) is 6.79 Å². The van der Waals surface area contributed by atoms with Crippen molar-refractivity contribution >= 4 is 5.97 Å². The predicted molar refractivity (Wildman–Crippen MR) is 119 cm³/mol. The molecule has 3 heterocycles. The first-order chi connectivity index (χ1) is 16.0. The van der Waals surface area contributed by atoms with E-state index in [9.17, 15) is 9.90 Å². The molecule has 1 saturated heterocycles. The first-order valence-electron chi connectivity index (χ1n) is 11.4. The molecule has 0 unspecified atom stereocenters. The molecule has 8 heteroatoms. The number of hydrogen-bond donors (Lipinski definition) is 1. The lowest BCUT2D eigenvalue weighted by Gasteiger charge is -2.49. The first-order valence-corrected chi connectivity index (χ1v) is 11.4. The van der Waals surface area contributed by atoms with E-state index in [1.807, 2.05) is 31.2 Å². The van der Waals surface area contributed by atoms with Crippen molar-refractivity contribution in [2.45, 2.75) is 38.3 Å². The Labute approximate surface area is 192 Å². The number of hydrogen-bond acceptors (Lipinski definition) is 8. The van der Waals surface area contributed by atoms with E-state index in [-0.39, 0.29) is 25.1 Å². The number of fused-ring (bicyclic) bond motifs is 2. The zero-order valence-electron chi connectivity index (χ0n) is 19.1. The number of aromatic hydroxyl groups is 1. The summed E-state index contributed by atoms with van der Waals surface area (Å²) in [5.74, 6) is 0.450. The summed E-state index contributed by atoms with van der Waals surface area (Å²) in [6.07, 6.45) is 2.05. The number of likely N-dealkylation sites (tertiary alicyclic amines) is 1. The SMILES string of the molecule is CCOC(=O)[C@@H]1[C@H](c2cccc(OC)c2O)c2cc3c(cc2O[C@@]1(C)N1CCCC1)OCO3. The van der Waals surface area contributed by atoms with Gasteiger partial charge in [-0.15, -0.1) is 0 Å². The zero-order valence-corrected chi connectivity index (χ0v) is 19.1. The molecule has 1 fully saturated rings. The van der Waals surface area contributed by atoms with Crippen molar-refractivity contribution in [1.29, 1.82) is 0 Å². The number of methoxy groups -OCH3 is 1. The number of carbonyl (C=O) groups excluding carboxylic acids is 1. The van der Waals surface area contributed by atoms with Crippen LogP contribution < -0.4 is 18.9 Å². The molecule has 0 aromatic heterocycles. The minimum atomic E-state index is -0.983. The van der Waals surface area contributed by atoms with Gasteiger partial charge in [-0.3, -0.25) is 9.69 Å². The van der Waals surface area contributed by atoms with Crippen LogP contribution >= 0.6 is 0 Å². The maximum absolute atomic E-state index is 13.6. The van der Waals surface area contributed by atoms with Gasteiger partial charge in [0.15, 0.2) is 28.7 Å². The molecule has 0 radical (unpaired) electrons. The molecule has 8 nitrogen and oxygen atoms in total. The zero-order chi connectivity index (χ0) is 23.2. The number of para-hydroxylation sites is 1. The minimum absolute atomic E-state index is 0.00594. The van der Waals surface area contributed by atoms with Gasteiger partial charge in [-0.2, -0.15) is 0 Å². The second-order valence-electron chi connectivity index (χ2n) is 8.70. The van der Waals surface area contributed by atoms with Crippen molar-refractivity contribution < 1.29 is 33.6 Å². The summed E-state index contributed by atoms with van der Waals surface area (Å²) in [6, 6.07) is 8.98. The molecule has 1 N–H and O–H groups in total. The minimum Gasteiger partial charge on any atom is -0.504 e. The van der Waals surface area contributed by atoms with Crippen molar-refractivity contribution in [3.05, 3.63) is 41.5 Å². The van der Waals surface area contributed by atoms with E-state index < -0.39 is 17.6 Å². The summed E-state index contributed by atoms with van der Waals surface area (Å²) in [4.78, 5) is 15.8. The third-order valence-corrected chi connectivity index (χ3v) is 6.93. The van der Waals surface area contributed by atoms with E-state index >= 15 is 0 Å². The van der Waals surface area contributed by atoms with Gasteiger partial charge in [0, 0.05) is 36.2 Å². The molecule has 5 rings (SSSR count). The number of esters is 1. The fourth-order valence-electron chi connectivity index (χ4n) is 5.36. The van der Waals surface area contributed by atoms with Gasteiger partial charge in [0.05, 0.1) is 13.7 Å². The number of nitrogens with zero attached hydrogens (tertiary/aromatic N) is 1. The molecule has 3 atom stereocenters. The summed E-state index contributed by atoms with van der Waals surface area (Å²) >= 11 is 0. The number of rotatable bonds is 5. The van der Waals surface area contributed by atoms with Crippen LogP contribution in [0.15, 0.2) is 30.3 Å². The van der Waals surface area contributed by atoms with E-state index in [4.69, 9.17) is 23.7 Å². The topological polar surface area (TPSA) is 86.7 Å². The van der Waals surface area contributed by atoms with Crippen LogP contribution in [0.25, 0.3) is 0 Å². The van der Waals surface area contributed by atoms with E-state index in [1.165, 1.54) is 7.11 Å². The Hall–Kier alpha value is -3.13. The van der Waals surface area contributed by atoms with E-state index in [0.717, 1.165) is 31.5 Å². The molecule has 3 aliphatic heterocycles. The lowest BCUT2D eigenvalue weighted by atomic mass is 9.72. The lowest BCUT2D eigenvalue weighted by Crippen LogP contribution is -2.61. The fourth-order valence-corrected chi connectivity index (χ4v) is 5.36. The van der Waals surface area contributed by atoms with Gasteiger partial charge in [-0.25, -0.2) is 0 Å². The third kappa shape index (κ3) is 3.44. The van der Waals surface area contributed by atoms with Crippen LogP contribution in [0.2, 0.25) is 0 Å². The molecular formula is C25H29NO7. The molecule has 33 heavy (non-hydrogen) atoms. The fraction of sp³-hybridized carbons (Fsp3) is 0.480. The van der Waals surface area contributed by atoms with Gasteiger partial charge in [0.1, 0.15) is 11.7 Å². The van der Waals surface area contributed by atoms with Gasteiger partial charge in [-0.1, -0.05) is 12.1 Å². The molecule has 2 aromatic rings. The van der Waals surface area contributed by atoms with Crippen LogP contribution in [-0.4, -0.2) is 55.3 Å². The molecule has 0 aliphatic carbocycles. The predicted octanol–water partition coefficient (Wildman–Crippen LogP) is 3.65. The van der Waals surface area contributed by atoms with E-state index in [0.29, 0.717) is 28.6 Å². The molecule has 0 saturated carbocycles. The summed E-state index contributed by atoms with van der Waals surface area (Å²) in [6.45, 7) is 5.72. The van der Waals surface area contributed by atoms with E-state index in [2.05, 4.69) is 4.90 Å². The second kappa shape index (κ2) is 8.33. The van der Waals surface area contributed by atoms with Crippen LogP contribution in [0.5, 0.6) is 28.7 Å². The molecule has 3 aliphatic rings. The number of phenols is 1. The summed E-state index contributed by atoms with van der Waals surface area (Å²) in [5.41, 5.74) is 0.322. The Morgan fingerprint density at radius 2 is 1.88 bits per heavy atom. The number of carbonyl (C=O) groups is 1. The monoisotopic (exact) mass is 455 g/mol. The van der Waals surface area contributed by atoms with Crippen LogP contribution in [0.1, 0.15) is 43.7 Å². The molecule has 176 valence electrons. The normalized spacial score (nSPS) is 25.9. The summed E-state index contributed by atoms with van der Waals surface area (Å²) in [5, 5.41) is 11.1. The Balaban J connectivity index is 1.76. The largest absolute Gasteiger partial charge is 0.504 e. The summed E-state index contributed by atoms with van der Waals surface area (Å²) in [7, 11) is 1.51. The molecule has 0 spiro atoms. The highest BCUT2D eigenvalue weighted by molar-refractivity contribution is 5.78. The van der Waals surface area contributed by atoms with Crippen molar-refractivity contribution in [2.75, 3.05) is 33.6 Å². The molecule has 2 aromatic carbocycles. The number of benzene rings is 2. The highest BCUT2D eigenvalue weighted by Gasteiger charge is 2.56. The highest BCUT2D eigenvalue weighted by atomic mass is 16.7. The van der Waals surface area contributed by atoms with Crippen LogP contribution in [0.3, 0.4) is 0 Å². The smallest absolute Gasteiger partial charge is 0.315 e. The maximum Gasteiger partial charge on any atom is 0.315 e. The highest BCUT2D eigenvalue weighted by Crippen LogP contribution is 2.55. The quantitative estimate of drug-likeness (QED) is 0.684. The number of ether oxygens (including phenoxy) is 5. The van der Waals surface area contributed by atoms with Crippen molar-refractivity contribution in [3.8, 4) is 28.7 Å². The molecule has 0 amide bonds. The Bertz CT molecular complexity index is 1060. The molecular weight excluding hydrogens is 426 g/mol. The van der Waals surface area contributed by atoms with Crippen LogP contribution in [0, 0.1) is 5.92 Å². The van der Waals surface area contributed by atoms with Gasteiger partial charge in [0.25, 0.3) is 0 Å².